The van der Waals surface area contributed by atoms with Crippen LogP contribution in [0.25, 0.3) is 0 Å². The number of aryl methyl sites for hydroxylation is 1. The number of nitrogens with one attached hydrogen (secondary N) is 1. The predicted molar refractivity (Wildman–Crippen MR) is 72.1 cm³/mol. The van der Waals surface area contributed by atoms with Crippen molar-refractivity contribution >= 4 is 11.4 Å². The Morgan fingerprint density at radius 3 is 2.29 bits per heavy atom. The highest BCUT2D eigenvalue weighted by atomic mass is 16.5. The third-order valence-corrected chi connectivity index (χ3v) is 2.60. The van der Waals surface area contributed by atoms with E-state index in [2.05, 4.69) is 24.4 Å². The number of ether oxygens (including phenoxy) is 1. The van der Waals surface area contributed by atoms with Gasteiger partial charge in [0, 0.05) is 5.69 Å². The minimum atomic E-state index is 0.673. The highest BCUT2D eigenvalue weighted by Gasteiger charge is 2.03. The molecule has 0 amide bonds. The molecule has 2 aromatic carbocycles. The van der Waals surface area contributed by atoms with Crippen molar-refractivity contribution in [2.24, 2.45) is 0 Å². The van der Waals surface area contributed by atoms with Gasteiger partial charge in [0.05, 0.1) is 12.3 Å². The molecule has 0 saturated carbocycles. The molecule has 2 aromatic rings. The van der Waals surface area contributed by atoms with Crippen LogP contribution in [0.4, 0.5) is 11.4 Å². The zero-order valence-electron chi connectivity index (χ0n) is 10.2. The Morgan fingerprint density at radius 1 is 0.941 bits per heavy atom. The summed E-state index contributed by atoms with van der Waals surface area (Å²) in [5.41, 5.74) is 3.34. The quantitative estimate of drug-likeness (QED) is 0.847. The van der Waals surface area contributed by atoms with Crippen molar-refractivity contribution in [2.45, 2.75) is 13.8 Å². The Balaban J connectivity index is 2.27. The fourth-order valence-electron chi connectivity index (χ4n) is 1.71. The predicted octanol–water partition coefficient (Wildman–Crippen LogP) is 4.14. The van der Waals surface area contributed by atoms with Gasteiger partial charge in [-0.2, -0.15) is 0 Å². The van der Waals surface area contributed by atoms with Crippen LogP contribution in [-0.4, -0.2) is 6.61 Å². The molecule has 0 radical (unpaired) electrons. The SMILES string of the molecule is CCOc1ccccc1Nc1ccccc1C. The minimum Gasteiger partial charge on any atom is -0.492 e. The van der Waals surface area contributed by atoms with Crippen LogP contribution in [0.5, 0.6) is 5.75 Å². The lowest BCUT2D eigenvalue weighted by Crippen LogP contribution is -1.98. The summed E-state index contributed by atoms with van der Waals surface area (Å²) in [5.74, 6) is 0.887. The van der Waals surface area contributed by atoms with E-state index in [-0.39, 0.29) is 0 Å². The lowest BCUT2D eigenvalue weighted by molar-refractivity contribution is 0.342. The summed E-state index contributed by atoms with van der Waals surface area (Å²) in [6.07, 6.45) is 0. The van der Waals surface area contributed by atoms with Gasteiger partial charge in [-0.25, -0.2) is 0 Å². The standard InChI is InChI=1S/C15H17NO/c1-3-17-15-11-7-6-10-14(15)16-13-9-5-4-8-12(13)2/h4-11,16H,3H2,1-2H3. The van der Waals surface area contributed by atoms with Crippen LogP contribution in [-0.2, 0) is 0 Å². The lowest BCUT2D eigenvalue weighted by atomic mass is 10.2. The van der Waals surface area contributed by atoms with Gasteiger partial charge in [0.2, 0.25) is 0 Å². The number of anilines is 2. The molecule has 88 valence electrons. The summed E-state index contributed by atoms with van der Waals surface area (Å²) in [4.78, 5) is 0. The van der Waals surface area contributed by atoms with Crippen molar-refractivity contribution in [3.8, 4) is 5.75 Å². The average molecular weight is 227 g/mol. The molecular weight excluding hydrogens is 210 g/mol. The van der Waals surface area contributed by atoms with Crippen molar-refractivity contribution in [3.63, 3.8) is 0 Å². The largest absolute Gasteiger partial charge is 0.492 e. The lowest BCUT2D eigenvalue weighted by Gasteiger charge is -2.13. The molecule has 17 heavy (non-hydrogen) atoms. The van der Waals surface area contributed by atoms with E-state index >= 15 is 0 Å². The third kappa shape index (κ3) is 2.78. The summed E-state index contributed by atoms with van der Waals surface area (Å²) < 4.78 is 5.59. The highest BCUT2D eigenvalue weighted by Crippen LogP contribution is 2.28. The van der Waals surface area contributed by atoms with Crippen LogP contribution in [0.15, 0.2) is 48.5 Å². The van der Waals surface area contributed by atoms with Gasteiger partial charge in [-0.15, -0.1) is 0 Å². The maximum atomic E-state index is 5.59. The molecule has 0 heterocycles. The van der Waals surface area contributed by atoms with Gasteiger partial charge in [0.25, 0.3) is 0 Å². The second-order valence-corrected chi connectivity index (χ2v) is 3.87. The smallest absolute Gasteiger partial charge is 0.142 e. The van der Waals surface area contributed by atoms with Gasteiger partial charge in [-0.05, 0) is 37.6 Å². The summed E-state index contributed by atoms with van der Waals surface area (Å²) in [6.45, 7) is 4.75. The maximum absolute atomic E-state index is 5.59. The number of benzene rings is 2. The Labute approximate surface area is 102 Å². The second-order valence-electron chi connectivity index (χ2n) is 3.87. The Bertz CT molecular complexity index is 494. The van der Waals surface area contributed by atoms with E-state index in [0.717, 1.165) is 17.1 Å². The normalized spacial score (nSPS) is 10.0. The number of rotatable bonds is 4. The molecule has 0 aliphatic heterocycles. The monoisotopic (exact) mass is 227 g/mol. The topological polar surface area (TPSA) is 21.3 Å². The van der Waals surface area contributed by atoms with Gasteiger partial charge >= 0.3 is 0 Å². The molecule has 0 bridgehead atoms. The van der Waals surface area contributed by atoms with E-state index in [4.69, 9.17) is 4.74 Å². The summed E-state index contributed by atoms with van der Waals surface area (Å²) in [7, 11) is 0. The van der Waals surface area contributed by atoms with Crippen molar-refractivity contribution in [2.75, 3.05) is 11.9 Å². The summed E-state index contributed by atoms with van der Waals surface area (Å²) in [5, 5.41) is 3.40. The van der Waals surface area contributed by atoms with Crippen LogP contribution >= 0.6 is 0 Å². The fraction of sp³-hybridized carbons (Fsp3) is 0.200. The second kappa shape index (κ2) is 5.39. The van der Waals surface area contributed by atoms with Crippen LogP contribution in [0.3, 0.4) is 0 Å². The molecule has 0 aromatic heterocycles. The van der Waals surface area contributed by atoms with Gasteiger partial charge in [-0.1, -0.05) is 30.3 Å². The van der Waals surface area contributed by atoms with E-state index in [1.807, 2.05) is 43.3 Å². The molecule has 0 spiro atoms. The minimum absolute atomic E-state index is 0.673. The first kappa shape index (κ1) is 11.5. The molecule has 0 aliphatic rings. The molecule has 0 atom stereocenters. The van der Waals surface area contributed by atoms with Crippen molar-refractivity contribution in [3.05, 3.63) is 54.1 Å². The maximum Gasteiger partial charge on any atom is 0.142 e. The summed E-state index contributed by atoms with van der Waals surface area (Å²) in [6, 6.07) is 16.2. The molecule has 2 nitrogen and oxygen atoms in total. The molecular formula is C15H17NO. The van der Waals surface area contributed by atoms with E-state index in [1.54, 1.807) is 0 Å². The van der Waals surface area contributed by atoms with Crippen molar-refractivity contribution < 1.29 is 4.74 Å². The molecule has 0 unspecified atom stereocenters. The first-order valence-electron chi connectivity index (χ1n) is 5.85. The van der Waals surface area contributed by atoms with E-state index < -0.39 is 0 Å². The molecule has 2 rings (SSSR count). The number of hydrogen-bond acceptors (Lipinski definition) is 2. The van der Waals surface area contributed by atoms with Crippen LogP contribution < -0.4 is 10.1 Å². The Kier molecular flexibility index (Phi) is 3.66. The zero-order chi connectivity index (χ0) is 12.1. The summed E-state index contributed by atoms with van der Waals surface area (Å²) >= 11 is 0. The van der Waals surface area contributed by atoms with Crippen LogP contribution in [0.1, 0.15) is 12.5 Å². The third-order valence-electron chi connectivity index (χ3n) is 2.60. The van der Waals surface area contributed by atoms with Gasteiger partial charge in [0.1, 0.15) is 5.75 Å². The van der Waals surface area contributed by atoms with Crippen molar-refractivity contribution in [1.29, 1.82) is 0 Å². The van der Waals surface area contributed by atoms with Gasteiger partial charge < -0.3 is 10.1 Å². The van der Waals surface area contributed by atoms with Crippen LogP contribution in [0, 0.1) is 6.92 Å². The Morgan fingerprint density at radius 2 is 1.59 bits per heavy atom. The highest BCUT2D eigenvalue weighted by molar-refractivity contribution is 5.68. The molecule has 2 heteroatoms. The molecule has 1 N–H and O–H groups in total. The van der Waals surface area contributed by atoms with Gasteiger partial charge in [0.15, 0.2) is 0 Å². The van der Waals surface area contributed by atoms with E-state index in [9.17, 15) is 0 Å². The molecule has 0 aliphatic carbocycles. The fourth-order valence-corrected chi connectivity index (χ4v) is 1.71. The first-order valence-corrected chi connectivity index (χ1v) is 5.85. The Hall–Kier alpha value is -1.96. The molecule has 0 saturated heterocycles. The van der Waals surface area contributed by atoms with Crippen LogP contribution in [0.2, 0.25) is 0 Å². The molecule has 0 fully saturated rings. The zero-order valence-corrected chi connectivity index (χ0v) is 10.2. The van der Waals surface area contributed by atoms with Gasteiger partial charge in [-0.3, -0.25) is 0 Å². The van der Waals surface area contributed by atoms with E-state index in [1.165, 1.54) is 5.56 Å². The van der Waals surface area contributed by atoms with Crippen molar-refractivity contribution in [1.82, 2.24) is 0 Å². The van der Waals surface area contributed by atoms with E-state index in [0.29, 0.717) is 6.61 Å². The number of para-hydroxylation sites is 3. The number of hydrogen-bond donors (Lipinski definition) is 1. The average Bonchev–Trinajstić information content (AvgIpc) is 2.35. The first-order chi connectivity index (χ1) is 8.31.